The first-order chi connectivity index (χ1) is 14.5. The van der Waals surface area contributed by atoms with Crippen LogP contribution in [0, 0.1) is 5.82 Å². The molecule has 1 aromatic carbocycles. The van der Waals surface area contributed by atoms with Crippen LogP contribution in [0.2, 0.25) is 0 Å². The Labute approximate surface area is 172 Å². The van der Waals surface area contributed by atoms with Gasteiger partial charge in [0.05, 0.1) is 25.9 Å². The Morgan fingerprint density at radius 2 is 2.23 bits per heavy atom. The molecule has 0 spiro atoms. The zero-order chi connectivity index (χ0) is 21.1. The molecule has 1 fully saturated rings. The van der Waals surface area contributed by atoms with Crippen LogP contribution in [0.25, 0.3) is 10.9 Å². The van der Waals surface area contributed by atoms with Gasteiger partial charge in [-0.1, -0.05) is 12.1 Å². The number of aliphatic hydroxyl groups is 1. The molecule has 2 aromatic heterocycles. The van der Waals surface area contributed by atoms with E-state index in [4.69, 9.17) is 9.47 Å². The van der Waals surface area contributed by atoms with Crippen LogP contribution >= 0.6 is 0 Å². The number of ether oxygens (including phenoxy) is 2. The molecule has 156 valence electrons. The van der Waals surface area contributed by atoms with Gasteiger partial charge in [0, 0.05) is 24.3 Å². The first-order valence-corrected chi connectivity index (χ1v) is 9.69. The third kappa shape index (κ3) is 4.24. The maximum atomic E-state index is 14.5. The van der Waals surface area contributed by atoms with Crippen molar-refractivity contribution in [2.75, 3.05) is 20.3 Å². The van der Waals surface area contributed by atoms with Gasteiger partial charge >= 0.3 is 0 Å². The highest BCUT2D eigenvalue weighted by Gasteiger charge is 2.26. The molecule has 1 aliphatic heterocycles. The highest BCUT2D eigenvalue weighted by Crippen LogP contribution is 2.24. The molecule has 8 heteroatoms. The Balaban J connectivity index is 1.70. The molecule has 1 aliphatic rings. The van der Waals surface area contributed by atoms with Crippen molar-refractivity contribution in [3.63, 3.8) is 0 Å². The first-order valence-electron chi connectivity index (χ1n) is 9.69. The molecule has 30 heavy (non-hydrogen) atoms. The number of aromatic nitrogens is 2. The quantitative estimate of drug-likeness (QED) is 0.669. The summed E-state index contributed by atoms with van der Waals surface area (Å²) in [6, 6.07) is 9.58. The van der Waals surface area contributed by atoms with E-state index in [0.29, 0.717) is 30.7 Å². The Morgan fingerprint density at radius 3 is 3.03 bits per heavy atom. The topological polar surface area (TPSA) is 93.6 Å². The summed E-state index contributed by atoms with van der Waals surface area (Å²) < 4.78 is 24.9. The van der Waals surface area contributed by atoms with Crippen LogP contribution in [0.4, 0.5) is 4.39 Å². The van der Waals surface area contributed by atoms with Crippen LogP contribution in [0.3, 0.4) is 0 Å². The van der Waals surface area contributed by atoms with E-state index in [-0.39, 0.29) is 17.8 Å². The minimum absolute atomic E-state index is 0.0994. The summed E-state index contributed by atoms with van der Waals surface area (Å²) >= 11 is 0. The number of rotatable bonds is 5. The van der Waals surface area contributed by atoms with E-state index in [2.05, 4.69) is 15.3 Å². The van der Waals surface area contributed by atoms with E-state index in [1.54, 1.807) is 30.5 Å². The van der Waals surface area contributed by atoms with Gasteiger partial charge in [0.15, 0.2) is 0 Å². The molecule has 4 rings (SSSR count). The molecule has 2 N–H and O–H groups in total. The van der Waals surface area contributed by atoms with Crippen molar-refractivity contribution in [3.8, 4) is 5.88 Å². The fourth-order valence-electron chi connectivity index (χ4n) is 3.57. The number of carbonyl (C=O) groups excluding carboxylic acids is 1. The van der Waals surface area contributed by atoms with Gasteiger partial charge < -0.3 is 19.9 Å². The molecule has 0 bridgehead atoms. The van der Waals surface area contributed by atoms with E-state index in [0.717, 1.165) is 11.1 Å². The molecular formula is C22H22FN3O4. The predicted octanol–water partition coefficient (Wildman–Crippen LogP) is 2.25. The number of amides is 1. The molecule has 3 heterocycles. The highest BCUT2D eigenvalue weighted by molar-refractivity contribution is 5.96. The highest BCUT2D eigenvalue weighted by atomic mass is 19.1. The van der Waals surface area contributed by atoms with Gasteiger partial charge in [-0.15, -0.1) is 0 Å². The summed E-state index contributed by atoms with van der Waals surface area (Å²) in [5.41, 5.74) is 1.89. The predicted molar refractivity (Wildman–Crippen MR) is 108 cm³/mol. The maximum Gasteiger partial charge on any atom is 0.270 e. The summed E-state index contributed by atoms with van der Waals surface area (Å²) in [6.45, 7) is 0.622. The molecule has 0 saturated carbocycles. The lowest BCUT2D eigenvalue weighted by atomic mass is 10.00. The standard InChI is InChI=1S/C22H22FN3O4/c1-29-20-10-13(5-7-24-20)9-14-11-18(25-21-15(14)3-2-4-16(21)23)22(28)26-17-6-8-30-12-19(17)27/h2-5,7,10-11,17,19,27H,6,8-9,12H2,1H3,(H,26,28)/t17-,19+/m0/s1. The number of fused-ring (bicyclic) bond motifs is 1. The average Bonchev–Trinajstić information content (AvgIpc) is 2.76. The van der Waals surface area contributed by atoms with Crippen LogP contribution < -0.4 is 10.1 Å². The minimum atomic E-state index is -0.788. The summed E-state index contributed by atoms with van der Waals surface area (Å²) in [4.78, 5) is 21.2. The molecule has 1 saturated heterocycles. The number of para-hydroxylation sites is 1. The number of pyridine rings is 2. The maximum absolute atomic E-state index is 14.5. The smallest absolute Gasteiger partial charge is 0.270 e. The number of hydrogen-bond donors (Lipinski definition) is 2. The Bertz CT molecular complexity index is 1080. The summed E-state index contributed by atoms with van der Waals surface area (Å²) in [6.07, 6.45) is 1.79. The van der Waals surface area contributed by atoms with E-state index < -0.39 is 23.9 Å². The molecule has 0 unspecified atom stereocenters. The van der Waals surface area contributed by atoms with Gasteiger partial charge in [0.2, 0.25) is 5.88 Å². The second kappa shape index (κ2) is 8.73. The second-order valence-corrected chi connectivity index (χ2v) is 7.20. The van der Waals surface area contributed by atoms with Gasteiger partial charge in [-0.05, 0) is 42.2 Å². The van der Waals surface area contributed by atoms with Crippen molar-refractivity contribution in [3.05, 3.63) is 65.2 Å². The second-order valence-electron chi connectivity index (χ2n) is 7.20. The van der Waals surface area contributed by atoms with Crippen LogP contribution in [-0.2, 0) is 11.2 Å². The van der Waals surface area contributed by atoms with Crippen molar-refractivity contribution < 1.29 is 23.8 Å². The number of hydrogen-bond acceptors (Lipinski definition) is 6. The largest absolute Gasteiger partial charge is 0.481 e. The summed E-state index contributed by atoms with van der Waals surface area (Å²) in [5, 5.41) is 13.5. The zero-order valence-corrected chi connectivity index (χ0v) is 16.5. The van der Waals surface area contributed by atoms with Crippen LogP contribution in [0.5, 0.6) is 5.88 Å². The lowest BCUT2D eigenvalue weighted by molar-refractivity contribution is -0.0261. The Hall–Kier alpha value is -3.10. The number of halogens is 1. The third-order valence-corrected chi connectivity index (χ3v) is 5.15. The zero-order valence-electron chi connectivity index (χ0n) is 16.5. The monoisotopic (exact) mass is 411 g/mol. The van der Waals surface area contributed by atoms with Gasteiger partial charge in [0.1, 0.15) is 17.0 Å². The number of methoxy groups -OCH3 is 1. The third-order valence-electron chi connectivity index (χ3n) is 5.15. The summed E-state index contributed by atoms with van der Waals surface area (Å²) in [5.74, 6) is -0.481. The van der Waals surface area contributed by atoms with E-state index >= 15 is 0 Å². The lowest BCUT2D eigenvalue weighted by Crippen LogP contribution is -2.48. The van der Waals surface area contributed by atoms with E-state index in [9.17, 15) is 14.3 Å². The van der Waals surface area contributed by atoms with E-state index in [1.807, 2.05) is 6.07 Å². The van der Waals surface area contributed by atoms with Crippen LogP contribution in [-0.4, -0.2) is 53.5 Å². The average molecular weight is 411 g/mol. The van der Waals surface area contributed by atoms with Crippen LogP contribution in [0.1, 0.15) is 28.0 Å². The number of aliphatic hydroxyl groups excluding tert-OH is 1. The van der Waals surface area contributed by atoms with Gasteiger partial charge in [-0.25, -0.2) is 14.4 Å². The van der Waals surface area contributed by atoms with Crippen molar-refractivity contribution in [1.29, 1.82) is 0 Å². The van der Waals surface area contributed by atoms with Gasteiger partial charge in [0.25, 0.3) is 5.91 Å². The molecule has 1 amide bonds. The molecule has 0 radical (unpaired) electrons. The fourth-order valence-corrected chi connectivity index (χ4v) is 3.57. The minimum Gasteiger partial charge on any atom is -0.481 e. The van der Waals surface area contributed by atoms with Gasteiger partial charge in [-0.2, -0.15) is 0 Å². The molecular weight excluding hydrogens is 389 g/mol. The van der Waals surface area contributed by atoms with Crippen molar-refractivity contribution in [1.82, 2.24) is 15.3 Å². The van der Waals surface area contributed by atoms with Crippen LogP contribution in [0.15, 0.2) is 42.6 Å². The lowest BCUT2D eigenvalue weighted by Gasteiger charge is -2.28. The molecule has 7 nitrogen and oxygen atoms in total. The molecule has 3 aromatic rings. The number of nitrogens with one attached hydrogen (secondary N) is 1. The van der Waals surface area contributed by atoms with Crippen molar-refractivity contribution >= 4 is 16.8 Å². The normalized spacial score (nSPS) is 18.9. The van der Waals surface area contributed by atoms with Crippen molar-refractivity contribution in [2.24, 2.45) is 0 Å². The Morgan fingerprint density at radius 1 is 1.37 bits per heavy atom. The van der Waals surface area contributed by atoms with Gasteiger partial charge in [-0.3, -0.25) is 4.79 Å². The number of carbonyl (C=O) groups is 1. The Kier molecular flexibility index (Phi) is 5.87. The summed E-state index contributed by atoms with van der Waals surface area (Å²) in [7, 11) is 1.54. The van der Waals surface area contributed by atoms with Crippen molar-refractivity contribution in [2.45, 2.75) is 25.0 Å². The fraction of sp³-hybridized carbons (Fsp3) is 0.318. The molecule has 2 atom stereocenters. The number of nitrogens with zero attached hydrogens (tertiary/aromatic N) is 2. The number of benzene rings is 1. The van der Waals surface area contributed by atoms with E-state index in [1.165, 1.54) is 13.2 Å². The molecule has 0 aliphatic carbocycles. The first kappa shape index (κ1) is 20.2. The SMILES string of the molecule is COc1cc(Cc2cc(C(=O)N[C@H]3CCOC[C@H]3O)nc3c(F)cccc23)ccn1.